The van der Waals surface area contributed by atoms with Crippen LogP contribution < -0.4 is 4.74 Å². The highest BCUT2D eigenvalue weighted by molar-refractivity contribution is 7.89. The largest absolute Gasteiger partial charge is 0.485 e. The number of aldehydes is 1. The lowest BCUT2D eigenvalue weighted by molar-refractivity contribution is 0.0730. The van der Waals surface area contributed by atoms with Gasteiger partial charge < -0.3 is 14.0 Å². The Bertz CT molecular complexity index is 1310. The lowest BCUT2D eigenvalue weighted by Gasteiger charge is -2.26. The van der Waals surface area contributed by atoms with Crippen LogP contribution in [0.5, 0.6) is 5.75 Å². The minimum Gasteiger partial charge on any atom is -0.485 e. The van der Waals surface area contributed by atoms with E-state index in [-0.39, 0.29) is 17.3 Å². The topological polar surface area (TPSA) is 94.9 Å². The predicted molar refractivity (Wildman–Crippen MR) is 126 cm³/mol. The van der Waals surface area contributed by atoms with Gasteiger partial charge in [0.25, 0.3) is 0 Å². The van der Waals surface area contributed by atoms with E-state index < -0.39 is 10.0 Å². The number of aryl methyl sites for hydroxylation is 1. The molecule has 0 bridgehead atoms. The maximum Gasteiger partial charge on any atom is 0.243 e. The molecule has 2 heterocycles. The number of sulfonamides is 1. The molecule has 1 aromatic heterocycles. The summed E-state index contributed by atoms with van der Waals surface area (Å²) in [5, 5.41) is 0. The summed E-state index contributed by atoms with van der Waals surface area (Å²) >= 11 is 0. The summed E-state index contributed by atoms with van der Waals surface area (Å²) in [6.07, 6.45) is 0.741. The Balaban J connectivity index is 1.56. The molecular weight excluding hydrogens is 456 g/mol. The molecule has 0 atom stereocenters. The van der Waals surface area contributed by atoms with Gasteiger partial charge in [-0.3, -0.25) is 9.59 Å². The van der Waals surface area contributed by atoms with Crippen LogP contribution in [0.4, 0.5) is 0 Å². The van der Waals surface area contributed by atoms with Crippen molar-refractivity contribution in [3.05, 3.63) is 77.1 Å². The molecule has 2 aromatic carbocycles. The Labute approximate surface area is 198 Å². The number of aromatic nitrogens is 1. The maximum atomic E-state index is 13.1. The van der Waals surface area contributed by atoms with Gasteiger partial charge in [0.2, 0.25) is 15.8 Å². The van der Waals surface area contributed by atoms with E-state index in [1.165, 1.54) is 4.31 Å². The molecule has 1 aliphatic heterocycles. The molecule has 8 nitrogen and oxygen atoms in total. The molecule has 0 spiro atoms. The number of benzene rings is 2. The zero-order valence-corrected chi connectivity index (χ0v) is 19.9. The highest BCUT2D eigenvalue weighted by atomic mass is 32.2. The molecule has 4 rings (SSSR count). The molecule has 1 aliphatic rings. The lowest BCUT2D eigenvalue weighted by Crippen LogP contribution is -2.40. The number of ether oxygens (including phenoxy) is 2. The second kappa shape index (κ2) is 9.92. The number of Topliss-reactive ketones (excluding diaryl/α,β-unsaturated/α-hetero) is 1. The van der Waals surface area contributed by atoms with Crippen molar-refractivity contribution < 1.29 is 27.5 Å². The number of nitrogens with zero attached hydrogens (tertiary/aromatic N) is 2. The van der Waals surface area contributed by atoms with Crippen LogP contribution in [0.1, 0.15) is 32.1 Å². The Morgan fingerprint density at radius 3 is 2.44 bits per heavy atom. The third-order valence-corrected chi connectivity index (χ3v) is 7.70. The van der Waals surface area contributed by atoms with Gasteiger partial charge in [-0.05, 0) is 62.4 Å². The van der Waals surface area contributed by atoms with Gasteiger partial charge in [0.1, 0.15) is 12.0 Å². The Morgan fingerprint density at radius 2 is 1.76 bits per heavy atom. The number of ketones is 1. The van der Waals surface area contributed by atoms with Crippen molar-refractivity contribution in [1.29, 1.82) is 0 Å². The molecule has 1 saturated heterocycles. The average Bonchev–Trinajstić information content (AvgIpc) is 3.17. The Hall–Kier alpha value is -3.27. The number of rotatable bonds is 8. The fourth-order valence-electron chi connectivity index (χ4n) is 4.03. The minimum absolute atomic E-state index is 0.157. The van der Waals surface area contributed by atoms with Crippen molar-refractivity contribution in [2.24, 2.45) is 0 Å². The third-order valence-electron chi connectivity index (χ3n) is 5.80. The molecule has 0 unspecified atom stereocenters. The first-order chi connectivity index (χ1) is 16.3. The van der Waals surface area contributed by atoms with E-state index in [0.29, 0.717) is 54.6 Å². The van der Waals surface area contributed by atoms with Gasteiger partial charge in [0.15, 0.2) is 6.61 Å². The highest BCUT2D eigenvalue weighted by Crippen LogP contribution is 2.25. The molecule has 0 N–H and O–H groups in total. The average molecular weight is 483 g/mol. The molecule has 34 heavy (non-hydrogen) atoms. The van der Waals surface area contributed by atoms with Crippen molar-refractivity contribution >= 4 is 22.1 Å². The quantitative estimate of drug-likeness (QED) is 0.362. The zero-order valence-electron chi connectivity index (χ0n) is 19.1. The minimum atomic E-state index is -3.64. The lowest BCUT2D eigenvalue weighted by atomic mass is 10.1. The van der Waals surface area contributed by atoms with Crippen molar-refractivity contribution in [3.63, 3.8) is 0 Å². The van der Waals surface area contributed by atoms with Crippen LogP contribution in [0.3, 0.4) is 0 Å². The van der Waals surface area contributed by atoms with E-state index in [1.807, 2.05) is 24.5 Å². The fraction of sp³-hybridized carbons (Fsp3) is 0.280. The van der Waals surface area contributed by atoms with Crippen LogP contribution in [0.15, 0.2) is 59.5 Å². The van der Waals surface area contributed by atoms with Gasteiger partial charge in [-0.2, -0.15) is 4.31 Å². The summed E-state index contributed by atoms with van der Waals surface area (Å²) in [5.41, 5.74) is 3.19. The molecular formula is C25H26N2O6S. The monoisotopic (exact) mass is 482 g/mol. The first kappa shape index (κ1) is 23.9. The molecule has 9 heteroatoms. The highest BCUT2D eigenvalue weighted by Gasteiger charge is 2.27. The van der Waals surface area contributed by atoms with E-state index in [2.05, 4.69) is 0 Å². The summed E-state index contributed by atoms with van der Waals surface area (Å²) in [5.74, 6) is 0.296. The van der Waals surface area contributed by atoms with Gasteiger partial charge in [-0.1, -0.05) is 6.07 Å². The number of carbonyl (C=O) groups excluding carboxylic acids is 2. The Kier molecular flexibility index (Phi) is 6.97. The summed E-state index contributed by atoms with van der Waals surface area (Å²) in [4.78, 5) is 23.9. The SMILES string of the molecule is Cc1cc(C(=O)COc2ccc(C=O)cc2)c(C)n1-c1cccc(S(=O)(=O)N2CCOCC2)c1. The van der Waals surface area contributed by atoms with Crippen LogP contribution in [-0.2, 0) is 14.8 Å². The van der Waals surface area contributed by atoms with Crippen LogP contribution in [0.25, 0.3) is 5.69 Å². The summed E-state index contributed by atoms with van der Waals surface area (Å²) in [6.45, 7) is 4.94. The van der Waals surface area contributed by atoms with Crippen molar-refractivity contribution in [1.82, 2.24) is 8.87 Å². The first-order valence-corrected chi connectivity index (χ1v) is 12.3. The van der Waals surface area contributed by atoms with Crippen molar-refractivity contribution in [3.8, 4) is 11.4 Å². The molecule has 0 amide bonds. The molecule has 1 fully saturated rings. The summed E-state index contributed by atoms with van der Waals surface area (Å²) < 4.78 is 40.3. The fourth-order valence-corrected chi connectivity index (χ4v) is 5.48. The van der Waals surface area contributed by atoms with Crippen LogP contribution in [-0.4, -0.2) is 62.3 Å². The zero-order chi connectivity index (χ0) is 24.3. The first-order valence-electron chi connectivity index (χ1n) is 10.9. The van der Waals surface area contributed by atoms with E-state index in [0.717, 1.165) is 12.0 Å². The standard InChI is InChI=1S/C25H26N2O6S/c1-18-14-24(25(29)17-33-22-8-6-20(16-28)7-9-22)19(2)27(18)21-4-3-5-23(15-21)34(30,31)26-10-12-32-13-11-26/h3-9,14-16H,10-13,17H2,1-2H3. The van der Waals surface area contributed by atoms with Gasteiger partial charge in [0.05, 0.1) is 18.1 Å². The normalized spacial score (nSPS) is 14.6. The molecule has 0 aliphatic carbocycles. The number of morpholine rings is 1. The van der Waals surface area contributed by atoms with E-state index in [1.54, 1.807) is 48.5 Å². The van der Waals surface area contributed by atoms with E-state index >= 15 is 0 Å². The van der Waals surface area contributed by atoms with Gasteiger partial charge >= 0.3 is 0 Å². The number of hydrogen-bond donors (Lipinski definition) is 0. The molecule has 178 valence electrons. The van der Waals surface area contributed by atoms with E-state index in [4.69, 9.17) is 9.47 Å². The van der Waals surface area contributed by atoms with Crippen LogP contribution in [0.2, 0.25) is 0 Å². The summed E-state index contributed by atoms with van der Waals surface area (Å²) in [6, 6.07) is 15.0. The predicted octanol–water partition coefficient (Wildman–Crippen LogP) is 3.19. The second-order valence-corrected chi connectivity index (χ2v) is 9.97. The number of hydrogen-bond acceptors (Lipinski definition) is 6. The Morgan fingerprint density at radius 1 is 1.06 bits per heavy atom. The maximum absolute atomic E-state index is 13.1. The number of carbonyl (C=O) groups is 2. The van der Waals surface area contributed by atoms with Crippen LogP contribution >= 0.6 is 0 Å². The third kappa shape index (κ3) is 4.82. The van der Waals surface area contributed by atoms with Gasteiger partial charge in [0, 0.05) is 41.3 Å². The summed E-state index contributed by atoms with van der Waals surface area (Å²) in [7, 11) is -3.64. The van der Waals surface area contributed by atoms with E-state index in [9.17, 15) is 18.0 Å². The smallest absolute Gasteiger partial charge is 0.243 e. The van der Waals surface area contributed by atoms with Crippen LogP contribution in [0, 0.1) is 13.8 Å². The molecule has 3 aromatic rings. The molecule has 0 radical (unpaired) electrons. The van der Waals surface area contributed by atoms with Gasteiger partial charge in [-0.15, -0.1) is 0 Å². The van der Waals surface area contributed by atoms with Gasteiger partial charge in [-0.25, -0.2) is 8.42 Å². The second-order valence-electron chi connectivity index (χ2n) is 8.03. The molecule has 0 saturated carbocycles. The van der Waals surface area contributed by atoms with Crippen molar-refractivity contribution in [2.45, 2.75) is 18.7 Å². The van der Waals surface area contributed by atoms with Crippen molar-refractivity contribution in [2.75, 3.05) is 32.9 Å².